The van der Waals surface area contributed by atoms with Gasteiger partial charge in [0, 0.05) is 28.8 Å². The molecule has 3 heteroatoms. The summed E-state index contributed by atoms with van der Waals surface area (Å²) in [6, 6.07) is 7.19. The zero-order chi connectivity index (χ0) is 13.3. The largest absolute Gasteiger partial charge is 0.368 e. The van der Waals surface area contributed by atoms with Crippen molar-refractivity contribution in [2.45, 2.75) is 45.7 Å². The number of anilines is 1. The van der Waals surface area contributed by atoms with Crippen molar-refractivity contribution < 1.29 is 0 Å². The number of nitrogens with zero attached hydrogens (tertiary/aromatic N) is 1. The van der Waals surface area contributed by atoms with Gasteiger partial charge in [-0.3, -0.25) is 0 Å². The third-order valence-corrected chi connectivity index (χ3v) is 4.35. The van der Waals surface area contributed by atoms with Crippen molar-refractivity contribution in [2.24, 2.45) is 11.7 Å². The first-order valence-electron chi connectivity index (χ1n) is 6.82. The van der Waals surface area contributed by atoms with Crippen LogP contribution in [0.4, 0.5) is 5.69 Å². The Kier molecular flexibility index (Phi) is 4.33. The van der Waals surface area contributed by atoms with Crippen LogP contribution in [-0.4, -0.2) is 12.6 Å². The van der Waals surface area contributed by atoms with Gasteiger partial charge in [0.05, 0.1) is 0 Å². The van der Waals surface area contributed by atoms with Gasteiger partial charge in [-0.1, -0.05) is 35.8 Å². The standard InChI is InChI=1S/C15H23BrN2/c1-10(2)14-5-4-8-18(14)15-9-12(16)6-7-13(15)11(3)17/h6-7,9-11,14H,4-5,8,17H2,1-3H3. The van der Waals surface area contributed by atoms with Gasteiger partial charge in [-0.2, -0.15) is 0 Å². The predicted octanol–water partition coefficient (Wildman–Crippen LogP) is 4.09. The zero-order valence-electron chi connectivity index (χ0n) is 11.5. The molecule has 1 heterocycles. The van der Waals surface area contributed by atoms with Gasteiger partial charge in [0.25, 0.3) is 0 Å². The number of rotatable bonds is 3. The summed E-state index contributed by atoms with van der Waals surface area (Å²) in [5, 5.41) is 0. The first-order chi connectivity index (χ1) is 8.50. The van der Waals surface area contributed by atoms with Gasteiger partial charge in [0.1, 0.15) is 0 Å². The summed E-state index contributed by atoms with van der Waals surface area (Å²) < 4.78 is 1.14. The number of hydrogen-bond donors (Lipinski definition) is 1. The highest BCUT2D eigenvalue weighted by atomic mass is 79.9. The molecule has 2 N–H and O–H groups in total. The van der Waals surface area contributed by atoms with E-state index in [1.165, 1.54) is 24.1 Å². The Hall–Kier alpha value is -0.540. The average molecular weight is 311 g/mol. The van der Waals surface area contributed by atoms with Crippen molar-refractivity contribution in [1.82, 2.24) is 0 Å². The maximum atomic E-state index is 6.11. The van der Waals surface area contributed by atoms with Crippen molar-refractivity contribution in [1.29, 1.82) is 0 Å². The van der Waals surface area contributed by atoms with Crippen LogP contribution < -0.4 is 10.6 Å². The first kappa shape index (κ1) is 13.9. The Balaban J connectivity index is 2.39. The van der Waals surface area contributed by atoms with E-state index in [-0.39, 0.29) is 6.04 Å². The second kappa shape index (κ2) is 5.62. The van der Waals surface area contributed by atoms with E-state index in [0.29, 0.717) is 12.0 Å². The molecule has 0 bridgehead atoms. The van der Waals surface area contributed by atoms with Gasteiger partial charge < -0.3 is 10.6 Å². The molecule has 0 amide bonds. The van der Waals surface area contributed by atoms with E-state index in [1.54, 1.807) is 0 Å². The Morgan fingerprint density at radius 1 is 1.33 bits per heavy atom. The van der Waals surface area contributed by atoms with Crippen LogP contribution in [0.15, 0.2) is 22.7 Å². The minimum absolute atomic E-state index is 0.0847. The van der Waals surface area contributed by atoms with E-state index in [2.05, 4.69) is 59.8 Å². The van der Waals surface area contributed by atoms with Crippen molar-refractivity contribution in [3.8, 4) is 0 Å². The van der Waals surface area contributed by atoms with Crippen molar-refractivity contribution >= 4 is 21.6 Å². The Labute approximate surface area is 119 Å². The SMILES string of the molecule is CC(N)c1ccc(Br)cc1N1CCCC1C(C)C. The van der Waals surface area contributed by atoms with E-state index in [4.69, 9.17) is 5.73 Å². The van der Waals surface area contributed by atoms with Crippen molar-refractivity contribution in [2.75, 3.05) is 11.4 Å². The summed E-state index contributed by atoms with van der Waals surface area (Å²) in [5.74, 6) is 0.687. The topological polar surface area (TPSA) is 29.3 Å². The highest BCUT2D eigenvalue weighted by Crippen LogP contribution is 2.35. The summed E-state index contributed by atoms with van der Waals surface area (Å²) in [4.78, 5) is 2.55. The number of benzene rings is 1. The van der Waals surface area contributed by atoms with E-state index in [0.717, 1.165) is 11.0 Å². The minimum atomic E-state index is 0.0847. The maximum Gasteiger partial charge on any atom is 0.0428 e. The van der Waals surface area contributed by atoms with Crippen LogP contribution >= 0.6 is 15.9 Å². The molecule has 1 aliphatic rings. The second-order valence-corrected chi connectivity index (χ2v) is 6.55. The number of hydrogen-bond acceptors (Lipinski definition) is 2. The molecular weight excluding hydrogens is 288 g/mol. The lowest BCUT2D eigenvalue weighted by Gasteiger charge is -2.32. The first-order valence-corrected chi connectivity index (χ1v) is 7.61. The quantitative estimate of drug-likeness (QED) is 0.911. The van der Waals surface area contributed by atoms with Gasteiger partial charge in [-0.25, -0.2) is 0 Å². The van der Waals surface area contributed by atoms with Crippen LogP contribution in [0.2, 0.25) is 0 Å². The third kappa shape index (κ3) is 2.72. The number of nitrogens with two attached hydrogens (primary N) is 1. The molecule has 2 rings (SSSR count). The molecule has 1 fully saturated rings. The Morgan fingerprint density at radius 2 is 2.06 bits per heavy atom. The molecule has 1 aromatic carbocycles. The normalized spacial score (nSPS) is 21.7. The fraction of sp³-hybridized carbons (Fsp3) is 0.600. The molecule has 1 aliphatic heterocycles. The molecule has 2 atom stereocenters. The van der Waals surface area contributed by atoms with Crippen molar-refractivity contribution in [3.63, 3.8) is 0 Å². The van der Waals surface area contributed by atoms with E-state index in [9.17, 15) is 0 Å². The molecule has 0 saturated carbocycles. The highest BCUT2D eigenvalue weighted by molar-refractivity contribution is 9.10. The predicted molar refractivity (Wildman–Crippen MR) is 82.0 cm³/mol. The van der Waals surface area contributed by atoms with Crippen LogP contribution in [0.3, 0.4) is 0 Å². The monoisotopic (exact) mass is 310 g/mol. The molecule has 18 heavy (non-hydrogen) atoms. The second-order valence-electron chi connectivity index (χ2n) is 5.64. The van der Waals surface area contributed by atoms with Gasteiger partial charge >= 0.3 is 0 Å². The van der Waals surface area contributed by atoms with Crippen LogP contribution in [0.1, 0.15) is 45.2 Å². The van der Waals surface area contributed by atoms with Gasteiger partial charge in [0.15, 0.2) is 0 Å². The fourth-order valence-corrected chi connectivity index (χ4v) is 3.28. The summed E-state index contributed by atoms with van der Waals surface area (Å²) in [6.07, 6.45) is 2.58. The molecule has 1 aromatic rings. The highest BCUT2D eigenvalue weighted by Gasteiger charge is 2.29. The van der Waals surface area contributed by atoms with Crippen LogP contribution in [-0.2, 0) is 0 Å². The zero-order valence-corrected chi connectivity index (χ0v) is 13.1. The molecule has 1 saturated heterocycles. The summed E-state index contributed by atoms with van der Waals surface area (Å²) >= 11 is 3.58. The maximum absolute atomic E-state index is 6.11. The minimum Gasteiger partial charge on any atom is -0.368 e. The Bertz CT molecular complexity index is 415. The van der Waals surface area contributed by atoms with E-state index < -0.39 is 0 Å². The molecule has 0 aromatic heterocycles. The van der Waals surface area contributed by atoms with Gasteiger partial charge in [-0.15, -0.1) is 0 Å². The van der Waals surface area contributed by atoms with Crippen molar-refractivity contribution in [3.05, 3.63) is 28.2 Å². The molecule has 100 valence electrons. The van der Waals surface area contributed by atoms with E-state index >= 15 is 0 Å². The number of halogens is 1. The third-order valence-electron chi connectivity index (χ3n) is 3.86. The average Bonchev–Trinajstić information content (AvgIpc) is 2.77. The van der Waals surface area contributed by atoms with Gasteiger partial charge in [0.2, 0.25) is 0 Å². The molecule has 2 nitrogen and oxygen atoms in total. The van der Waals surface area contributed by atoms with Crippen LogP contribution in [0.5, 0.6) is 0 Å². The van der Waals surface area contributed by atoms with Crippen LogP contribution in [0.25, 0.3) is 0 Å². The molecule has 0 aliphatic carbocycles. The summed E-state index contributed by atoms with van der Waals surface area (Å²) in [6.45, 7) is 7.84. The Morgan fingerprint density at radius 3 is 2.67 bits per heavy atom. The summed E-state index contributed by atoms with van der Waals surface area (Å²) in [7, 11) is 0. The molecule has 2 unspecified atom stereocenters. The lowest BCUT2D eigenvalue weighted by Crippen LogP contribution is -2.34. The lowest BCUT2D eigenvalue weighted by molar-refractivity contribution is 0.490. The van der Waals surface area contributed by atoms with Crippen LogP contribution in [0, 0.1) is 5.92 Å². The summed E-state index contributed by atoms with van der Waals surface area (Å²) in [5.41, 5.74) is 8.68. The van der Waals surface area contributed by atoms with Gasteiger partial charge in [-0.05, 0) is 43.4 Å². The smallest absolute Gasteiger partial charge is 0.0428 e. The molecule has 0 radical (unpaired) electrons. The van der Waals surface area contributed by atoms with E-state index in [1.807, 2.05) is 0 Å². The lowest BCUT2D eigenvalue weighted by atomic mass is 9.99. The fourth-order valence-electron chi connectivity index (χ4n) is 2.94. The molecule has 0 spiro atoms. The molecular formula is C15H23BrN2.